The van der Waals surface area contributed by atoms with Crippen LogP contribution in [0.1, 0.15) is 51.6 Å². The van der Waals surface area contributed by atoms with Crippen molar-refractivity contribution < 1.29 is 14.4 Å². The summed E-state index contributed by atoms with van der Waals surface area (Å²) in [5.41, 5.74) is 7.52. The highest BCUT2D eigenvalue weighted by Crippen LogP contribution is 2.35. The fourth-order valence-corrected chi connectivity index (χ4v) is 2.79. The Balaban J connectivity index is 2.17. The van der Waals surface area contributed by atoms with E-state index >= 15 is 0 Å². The molecule has 5 heteroatoms. The first-order chi connectivity index (χ1) is 11.0. The largest absolute Gasteiger partial charge is 0.398 e. The number of ketones is 2. The van der Waals surface area contributed by atoms with E-state index in [0.717, 1.165) is 0 Å². The van der Waals surface area contributed by atoms with Crippen LogP contribution >= 0.6 is 0 Å². The normalized spacial score (nSPS) is 12.6. The lowest BCUT2D eigenvalue weighted by Crippen LogP contribution is -2.25. The molecule has 23 heavy (non-hydrogen) atoms. The molecule has 2 aromatic rings. The van der Waals surface area contributed by atoms with Crippen LogP contribution in [-0.4, -0.2) is 17.5 Å². The number of nitrogens with one attached hydrogen (secondary N) is 1. The minimum atomic E-state index is -0.297. The van der Waals surface area contributed by atoms with Gasteiger partial charge in [0.05, 0.1) is 16.8 Å². The molecule has 0 fully saturated rings. The molecule has 2 aromatic carbocycles. The molecule has 0 aromatic heterocycles. The number of amides is 1. The third-order valence-electron chi connectivity index (χ3n) is 3.86. The fraction of sp³-hybridized carbons (Fsp3) is 0.167. The van der Waals surface area contributed by atoms with Crippen molar-refractivity contribution in [3.8, 4) is 0 Å². The second kappa shape index (κ2) is 5.68. The summed E-state index contributed by atoms with van der Waals surface area (Å²) in [4.78, 5) is 37.4. The van der Waals surface area contributed by atoms with Gasteiger partial charge < -0.3 is 11.1 Å². The lowest BCUT2D eigenvalue weighted by atomic mass is 9.82. The number of hydrogen-bond acceptors (Lipinski definition) is 4. The van der Waals surface area contributed by atoms with Gasteiger partial charge in [-0.05, 0) is 18.6 Å². The van der Waals surface area contributed by atoms with Crippen molar-refractivity contribution in [1.82, 2.24) is 0 Å². The molecule has 0 bridgehead atoms. The van der Waals surface area contributed by atoms with Crippen LogP contribution in [0.4, 0.5) is 11.4 Å². The third kappa shape index (κ3) is 2.40. The summed E-state index contributed by atoms with van der Waals surface area (Å²) in [6, 6.07) is 9.74. The number of hydrogen-bond donors (Lipinski definition) is 2. The first-order valence-electron chi connectivity index (χ1n) is 7.45. The Bertz CT molecular complexity index is 840. The molecule has 5 nitrogen and oxygen atoms in total. The van der Waals surface area contributed by atoms with Crippen LogP contribution in [0.5, 0.6) is 0 Å². The maximum absolute atomic E-state index is 12.8. The second-order valence-corrected chi connectivity index (χ2v) is 5.45. The van der Waals surface area contributed by atoms with Crippen molar-refractivity contribution in [3.63, 3.8) is 0 Å². The van der Waals surface area contributed by atoms with Crippen LogP contribution in [-0.2, 0) is 4.79 Å². The van der Waals surface area contributed by atoms with Gasteiger partial charge in [0.15, 0.2) is 11.6 Å². The van der Waals surface area contributed by atoms with E-state index in [1.165, 1.54) is 0 Å². The van der Waals surface area contributed by atoms with Crippen LogP contribution in [0.25, 0.3) is 0 Å². The summed E-state index contributed by atoms with van der Waals surface area (Å²) in [5, 5.41) is 2.71. The molecule has 3 N–H and O–H groups in total. The number of fused-ring (bicyclic) bond motifs is 2. The van der Waals surface area contributed by atoms with Gasteiger partial charge in [0.25, 0.3) is 0 Å². The van der Waals surface area contributed by atoms with Gasteiger partial charge in [-0.15, -0.1) is 0 Å². The molecule has 1 amide bonds. The average molecular weight is 308 g/mol. The molecule has 0 unspecified atom stereocenters. The van der Waals surface area contributed by atoms with Gasteiger partial charge >= 0.3 is 0 Å². The molecule has 0 saturated heterocycles. The molecule has 3 rings (SSSR count). The molecule has 1 aliphatic rings. The van der Waals surface area contributed by atoms with E-state index < -0.39 is 0 Å². The monoisotopic (exact) mass is 308 g/mol. The Labute approximate surface area is 133 Å². The van der Waals surface area contributed by atoms with Crippen molar-refractivity contribution in [1.29, 1.82) is 0 Å². The number of nitrogens with two attached hydrogens (primary N) is 1. The first-order valence-corrected chi connectivity index (χ1v) is 7.45. The molecular weight excluding hydrogens is 292 g/mol. The van der Waals surface area contributed by atoms with Gasteiger partial charge in [-0.25, -0.2) is 0 Å². The third-order valence-corrected chi connectivity index (χ3v) is 3.86. The Morgan fingerprint density at radius 2 is 1.61 bits per heavy atom. The summed E-state index contributed by atoms with van der Waals surface area (Å²) < 4.78 is 0. The van der Waals surface area contributed by atoms with Crippen molar-refractivity contribution in [2.24, 2.45) is 0 Å². The van der Waals surface area contributed by atoms with Crippen LogP contribution in [0.2, 0.25) is 0 Å². The van der Waals surface area contributed by atoms with Gasteiger partial charge in [0, 0.05) is 23.2 Å². The van der Waals surface area contributed by atoms with E-state index in [2.05, 4.69) is 5.32 Å². The highest BCUT2D eigenvalue weighted by Gasteiger charge is 2.33. The number of carbonyl (C=O) groups excluding carboxylic acids is 3. The summed E-state index contributed by atoms with van der Waals surface area (Å²) in [6.45, 7) is 1.89. The van der Waals surface area contributed by atoms with Gasteiger partial charge in [0.1, 0.15) is 0 Å². The maximum atomic E-state index is 12.8. The van der Waals surface area contributed by atoms with E-state index in [1.807, 2.05) is 6.92 Å². The molecule has 0 heterocycles. The zero-order valence-corrected chi connectivity index (χ0v) is 12.7. The summed E-state index contributed by atoms with van der Waals surface area (Å²) in [5.74, 6) is -0.785. The fourth-order valence-electron chi connectivity index (χ4n) is 2.79. The lowest BCUT2D eigenvalue weighted by molar-refractivity contribution is -0.116. The SMILES string of the molecule is CCCC(=O)Nc1ccc(N)c2c1C(=O)c1ccccc1C2=O. The van der Waals surface area contributed by atoms with E-state index in [0.29, 0.717) is 29.7 Å². The second-order valence-electron chi connectivity index (χ2n) is 5.45. The van der Waals surface area contributed by atoms with E-state index in [1.54, 1.807) is 36.4 Å². The number of rotatable bonds is 3. The molecule has 0 atom stereocenters. The minimum Gasteiger partial charge on any atom is -0.398 e. The topological polar surface area (TPSA) is 89.3 Å². The Morgan fingerprint density at radius 3 is 2.22 bits per heavy atom. The van der Waals surface area contributed by atoms with Crippen LogP contribution in [0, 0.1) is 0 Å². The Kier molecular flexibility index (Phi) is 3.70. The standard InChI is InChI=1S/C18H16N2O3/c1-2-5-14(21)20-13-9-8-12(19)15-16(13)18(23)11-7-4-3-6-10(11)17(15)22/h3-4,6-9H,2,5,19H2,1H3,(H,20,21). The number of carbonyl (C=O) groups is 3. The molecule has 1 aliphatic carbocycles. The molecule has 0 saturated carbocycles. The zero-order valence-electron chi connectivity index (χ0n) is 12.7. The zero-order chi connectivity index (χ0) is 16.6. The van der Waals surface area contributed by atoms with E-state index in [9.17, 15) is 14.4 Å². The predicted octanol–water partition coefficient (Wildman–Crippen LogP) is 2.78. The van der Waals surface area contributed by atoms with Gasteiger partial charge in [-0.2, -0.15) is 0 Å². The first kappa shape index (κ1) is 15.0. The average Bonchev–Trinajstić information content (AvgIpc) is 2.54. The van der Waals surface area contributed by atoms with Crippen LogP contribution < -0.4 is 11.1 Å². The highest BCUT2D eigenvalue weighted by molar-refractivity contribution is 6.32. The Morgan fingerprint density at radius 1 is 1.00 bits per heavy atom. The number of benzene rings is 2. The van der Waals surface area contributed by atoms with Gasteiger partial charge in [-0.3, -0.25) is 14.4 Å². The van der Waals surface area contributed by atoms with E-state index in [-0.39, 0.29) is 34.3 Å². The smallest absolute Gasteiger partial charge is 0.224 e. The number of anilines is 2. The number of nitrogen functional groups attached to an aromatic ring is 1. The van der Waals surface area contributed by atoms with Crippen molar-refractivity contribution in [2.75, 3.05) is 11.1 Å². The molecular formula is C18H16N2O3. The van der Waals surface area contributed by atoms with Crippen molar-refractivity contribution in [2.45, 2.75) is 19.8 Å². The summed E-state index contributed by atoms with van der Waals surface area (Å²) in [6.07, 6.45) is 1.04. The minimum absolute atomic E-state index is 0.169. The van der Waals surface area contributed by atoms with Crippen LogP contribution in [0.3, 0.4) is 0 Å². The predicted molar refractivity (Wildman–Crippen MR) is 87.7 cm³/mol. The Hall–Kier alpha value is -2.95. The molecule has 0 spiro atoms. The maximum Gasteiger partial charge on any atom is 0.224 e. The molecule has 116 valence electrons. The molecule has 0 radical (unpaired) electrons. The van der Waals surface area contributed by atoms with Crippen LogP contribution in [0.15, 0.2) is 36.4 Å². The van der Waals surface area contributed by atoms with Gasteiger partial charge in [-0.1, -0.05) is 31.2 Å². The van der Waals surface area contributed by atoms with Crippen molar-refractivity contribution in [3.05, 3.63) is 58.7 Å². The summed E-state index contributed by atoms with van der Waals surface area (Å²) in [7, 11) is 0. The summed E-state index contributed by atoms with van der Waals surface area (Å²) >= 11 is 0. The lowest BCUT2D eigenvalue weighted by Gasteiger charge is -2.21. The highest BCUT2D eigenvalue weighted by atomic mass is 16.2. The quantitative estimate of drug-likeness (QED) is 0.728. The van der Waals surface area contributed by atoms with Crippen molar-refractivity contribution >= 4 is 28.8 Å². The van der Waals surface area contributed by atoms with E-state index in [4.69, 9.17) is 5.73 Å². The molecule has 0 aliphatic heterocycles. The van der Waals surface area contributed by atoms with Gasteiger partial charge in [0.2, 0.25) is 5.91 Å².